The third kappa shape index (κ3) is 2.56. The van der Waals surface area contributed by atoms with Gasteiger partial charge < -0.3 is 14.6 Å². The first kappa shape index (κ1) is 13.9. The van der Waals surface area contributed by atoms with Crippen molar-refractivity contribution in [2.24, 2.45) is 0 Å². The number of aromatic carboxylic acids is 1. The van der Waals surface area contributed by atoms with E-state index in [-0.39, 0.29) is 11.3 Å². The van der Waals surface area contributed by atoms with Gasteiger partial charge in [-0.3, -0.25) is 0 Å². The molecular weight excluding hydrogens is 263 g/mol. The van der Waals surface area contributed by atoms with Crippen molar-refractivity contribution < 1.29 is 23.8 Å². The summed E-state index contributed by atoms with van der Waals surface area (Å²) in [5.41, 5.74) is 1.47. The molecule has 1 N–H and O–H groups in total. The van der Waals surface area contributed by atoms with Gasteiger partial charge in [0, 0.05) is 5.56 Å². The first-order valence-corrected chi connectivity index (χ1v) is 5.82. The zero-order chi connectivity index (χ0) is 14.7. The number of ether oxygens (including phenoxy) is 2. The van der Waals surface area contributed by atoms with E-state index in [1.165, 1.54) is 38.5 Å². The molecule has 20 heavy (non-hydrogen) atoms. The van der Waals surface area contributed by atoms with Crippen LogP contribution in [-0.4, -0.2) is 25.3 Å². The Morgan fingerprint density at radius 1 is 1.05 bits per heavy atom. The molecule has 4 nitrogen and oxygen atoms in total. The lowest BCUT2D eigenvalue weighted by atomic mass is 10.0. The van der Waals surface area contributed by atoms with Crippen LogP contribution in [0.5, 0.6) is 11.5 Å². The molecule has 0 aliphatic carbocycles. The third-order valence-electron chi connectivity index (χ3n) is 2.91. The smallest absolute Gasteiger partial charge is 0.335 e. The van der Waals surface area contributed by atoms with Crippen LogP contribution in [0.2, 0.25) is 0 Å². The fraction of sp³-hybridized carbons (Fsp3) is 0.133. The van der Waals surface area contributed by atoms with Crippen molar-refractivity contribution in [2.45, 2.75) is 0 Å². The van der Waals surface area contributed by atoms with Crippen LogP contribution in [0, 0.1) is 5.82 Å². The second-order valence-corrected chi connectivity index (χ2v) is 4.07. The van der Waals surface area contributed by atoms with E-state index in [4.69, 9.17) is 14.6 Å². The zero-order valence-corrected chi connectivity index (χ0v) is 11.0. The zero-order valence-electron chi connectivity index (χ0n) is 11.0. The molecule has 0 saturated carbocycles. The topological polar surface area (TPSA) is 55.8 Å². The Hall–Kier alpha value is -2.56. The van der Waals surface area contributed by atoms with Gasteiger partial charge in [-0.25, -0.2) is 9.18 Å². The molecule has 0 saturated heterocycles. The van der Waals surface area contributed by atoms with Crippen LogP contribution in [0.3, 0.4) is 0 Å². The number of benzene rings is 2. The summed E-state index contributed by atoms with van der Waals surface area (Å²) < 4.78 is 23.5. The maximum absolute atomic E-state index is 13.4. The Kier molecular flexibility index (Phi) is 3.89. The van der Waals surface area contributed by atoms with Crippen molar-refractivity contribution in [2.75, 3.05) is 14.2 Å². The van der Waals surface area contributed by atoms with E-state index in [0.29, 0.717) is 16.9 Å². The highest BCUT2D eigenvalue weighted by molar-refractivity contribution is 5.89. The van der Waals surface area contributed by atoms with E-state index in [1.54, 1.807) is 12.1 Å². The molecule has 0 heterocycles. The molecule has 0 amide bonds. The molecule has 2 rings (SSSR count). The lowest BCUT2D eigenvalue weighted by molar-refractivity contribution is 0.0696. The monoisotopic (exact) mass is 276 g/mol. The van der Waals surface area contributed by atoms with Gasteiger partial charge in [0.1, 0.15) is 5.75 Å². The van der Waals surface area contributed by atoms with Crippen molar-refractivity contribution in [3.8, 4) is 22.6 Å². The molecule has 0 aliphatic heterocycles. The van der Waals surface area contributed by atoms with Crippen LogP contribution in [0.4, 0.5) is 4.39 Å². The molecule has 0 atom stereocenters. The summed E-state index contributed by atoms with van der Waals surface area (Å²) in [5.74, 6) is -0.977. The van der Waals surface area contributed by atoms with Crippen molar-refractivity contribution in [1.82, 2.24) is 0 Å². The van der Waals surface area contributed by atoms with Gasteiger partial charge in [-0.2, -0.15) is 0 Å². The quantitative estimate of drug-likeness (QED) is 0.931. The lowest BCUT2D eigenvalue weighted by Crippen LogP contribution is -1.98. The van der Waals surface area contributed by atoms with Crippen LogP contribution in [-0.2, 0) is 0 Å². The predicted molar refractivity (Wildman–Crippen MR) is 71.9 cm³/mol. The lowest BCUT2D eigenvalue weighted by Gasteiger charge is -2.11. The Morgan fingerprint density at radius 2 is 1.75 bits per heavy atom. The highest BCUT2D eigenvalue weighted by atomic mass is 19.1. The van der Waals surface area contributed by atoms with Crippen molar-refractivity contribution in [1.29, 1.82) is 0 Å². The summed E-state index contributed by atoms with van der Waals surface area (Å²) >= 11 is 0. The minimum absolute atomic E-state index is 0.117. The third-order valence-corrected chi connectivity index (χ3v) is 2.91. The molecule has 104 valence electrons. The SMILES string of the molecule is COc1cc(-c2ccc(C(=O)O)cc2OC)ccc1F. The molecule has 0 aromatic heterocycles. The second kappa shape index (κ2) is 5.61. The summed E-state index contributed by atoms with van der Waals surface area (Å²) in [7, 11) is 2.83. The maximum Gasteiger partial charge on any atom is 0.335 e. The van der Waals surface area contributed by atoms with E-state index >= 15 is 0 Å². The average Bonchev–Trinajstić information content (AvgIpc) is 2.47. The van der Waals surface area contributed by atoms with Gasteiger partial charge in [-0.05, 0) is 35.9 Å². The largest absolute Gasteiger partial charge is 0.496 e. The van der Waals surface area contributed by atoms with E-state index in [0.717, 1.165) is 0 Å². The molecule has 5 heteroatoms. The van der Waals surface area contributed by atoms with E-state index < -0.39 is 11.8 Å². The van der Waals surface area contributed by atoms with Crippen LogP contribution in [0.25, 0.3) is 11.1 Å². The number of carboxylic acid groups (broad SMARTS) is 1. The van der Waals surface area contributed by atoms with E-state index in [2.05, 4.69) is 0 Å². The summed E-state index contributed by atoms with van der Waals surface area (Å²) in [6, 6.07) is 8.92. The summed E-state index contributed by atoms with van der Waals surface area (Å²) in [6.45, 7) is 0. The van der Waals surface area contributed by atoms with Crippen LogP contribution in [0.15, 0.2) is 36.4 Å². The number of methoxy groups -OCH3 is 2. The number of hydrogen-bond donors (Lipinski definition) is 1. The van der Waals surface area contributed by atoms with E-state index in [9.17, 15) is 9.18 Å². The summed E-state index contributed by atoms with van der Waals surface area (Å²) in [6.07, 6.45) is 0. The fourth-order valence-corrected chi connectivity index (χ4v) is 1.89. The van der Waals surface area contributed by atoms with Gasteiger partial charge in [-0.15, -0.1) is 0 Å². The normalized spacial score (nSPS) is 10.2. The molecule has 0 unspecified atom stereocenters. The Bertz CT molecular complexity index is 652. The highest BCUT2D eigenvalue weighted by Crippen LogP contribution is 2.33. The van der Waals surface area contributed by atoms with E-state index in [1.807, 2.05) is 0 Å². The fourth-order valence-electron chi connectivity index (χ4n) is 1.89. The minimum Gasteiger partial charge on any atom is -0.496 e. The van der Waals surface area contributed by atoms with Crippen LogP contribution >= 0.6 is 0 Å². The maximum atomic E-state index is 13.4. The van der Waals surface area contributed by atoms with Gasteiger partial charge >= 0.3 is 5.97 Å². The molecule has 0 spiro atoms. The number of carboxylic acids is 1. The molecule has 0 fully saturated rings. The number of halogens is 1. The minimum atomic E-state index is -1.04. The predicted octanol–water partition coefficient (Wildman–Crippen LogP) is 3.21. The molecule has 0 bridgehead atoms. The Morgan fingerprint density at radius 3 is 2.35 bits per heavy atom. The second-order valence-electron chi connectivity index (χ2n) is 4.07. The van der Waals surface area contributed by atoms with Crippen molar-refractivity contribution >= 4 is 5.97 Å². The molecular formula is C15H13FO4. The van der Waals surface area contributed by atoms with Crippen molar-refractivity contribution in [3.63, 3.8) is 0 Å². The molecule has 0 aliphatic rings. The number of carbonyl (C=O) groups is 1. The van der Waals surface area contributed by atoms with Gasteiger partial charge in [-0.1, -0.05) is 6.07 Å². The summed E-state index contributed by atoms with van der Waals surface area (Å²) in [5, 5.41) is 8.96. The Balaban J connectivity index is 2.54. The molecule has 2 aromatic carbocycles. The molecule has 2 aromatic rings. The van der Waals surface area contributed by atoms with Crippen LogP contribution in [0.1, 0.15) is 10.4 Å². The number of hydrogen-bond acceptors (Lipinski definition) is 3. The first-order valence-electron chi connectivity index (χ1n) is 5.82. The molecule has 0 radical (unpaired) electrons. The van der Waals surface area contributed by atoms with Gasteiger partial charge in [0.2, 0.25) is 0 Å². The first-order chi connectivity index (χ1) is 9.56. The van der Waals surface area contributed by atoms with Gasteiger partial charge in [0.15, 0.2) is 11.6 Å². The Labute approximate surface area is 115 Å². The van der Waals surface area contributed by atoms with Crippen molar-refractivity contribution in [3.05, 3.63) is 47.8 Å². The highest BCUT2D eigenvalue weighted by Gasteiger charge is 2.12. The standard InChI is InChI=1S/C15H13FO4/c1-19-13-8-10(15(17)18)3-5-11(13)9-4-6-12(16)14(7-9)20-2/h3-8H,1-2H3,(H,17,18). The van der Waals surface area contributed by atoms with Gasteiger partial charge in [0.05, 0.1) is 19.8 Å². The van der Waals surface area contributed by atoms with Gasteiger partial charge in [0.25, 0.3) is 0 Å². The average molecular weight is 276 g/mol. The number of rotatable bonds is 4. The summed E-state index contributed by atoms with van der Waals surface area (Å²) in [4.78, 5) is 10.9. The van der Waals surface area contributed by atoms with Crippen LogP contribution < -0.4 is 9.47 Å².